The maximum Gasteiger partial charge on any atom is 0.0521 e. The summed E-state index contributed by atoms with van der Waals surface area (Å²) in [6.07, 6.45) is 8.91. The molecule has 0 aliphatic carbocycles. The quantitative estimate of drug-likeness (QED) is 0.697. The Kier molecular flexibility index (Phi) is 5.40. The Balaban J connectivity index is 2.02. The van der Waals surface area contributed by atoms with E-state index in [0.717, 1.165) is 13.0 Å². The molecule has 0 aliphatic heterocycles. The molecule has 0 spiro atoms. The number of rotatable bonds is 7. The van der Waals surface area contributed by atoms with Crippen molar-refractivity contribution >= 4 is 0 Å². The molecule has 0 amide bonds. The highest BCUT2D eigenvalue weighted by Crippen LogP contribution is 2.02. The van der Waals surface area contributed by atoms with Crippen LogP contribution in [0.1, 0.15) is 38.7 Å². The van der Waals surface area contributed by atoms with Gasteiger partial charge in [-0.3, -0.25) is 4.68 Å². The zero-order chi connectivity index (χ0) is 11.1. The summed E-state index contributed by atoms with van der Waals surface area (Å²) < 4.78 is 1.87. The maximum absolute atomic E-state index is 4.16. The SMILES string of the molecule is CCC(C)NCCCCc1cnn(C)c1. The highest BCUT2D eigenvalue weighted by atomic mass is 15.2. The molecule has 3 heteroatoms. The van der Waals surface area contributed by atoms with Gasteiger partial charge in [-0.05, 0) is 44.7 Å². The van der Waals surface area contributed by atoms with E-state index in [2.05, 4.69) is 30.5 Å². The molecule has 1 heterocycles. The highest BCUT2D eigenvalue weighted by molar-refractivity contribution is 5.03. The molecule has 0 radical (unpaired) electrons. The van der Waals surface area contributed by atoms with Crippen molar-refractivity contribution in [2.75, 3.05) is 6.54 Å². The van der Waals surface area contributed by atoms with Crippen LogP contribution < -0.4 is 5.32 Å². The van der Waals surface area contributed by atoms with E-state index in [9.17, 15) is 0 Å². The van der Waals surface area contributed by atoms with Gasteiger partial charge in [0, 0.05) is 19.3 Å². The summed E-state index contributed by atoms with van der Waals surface area (Å²) >= 11 is 0. The molecule has 86 valence electrons. The number of hydrogen-bond acceptors (Lipinski definition) is 2. The lowest BCUT2D eigenvalue weighted by Gasteiger charge is -2.10. The average Bonchev–Trinajstić information content (AvgIpc) is 2.63. The van der Waals surface area contributed by atoms with Crippen LogP contribution in [0.3, 0.4) is 0 Å². The van der Waals surface area contributed by atoms with Crippen molar-refractivity contribution in [1.29, 1.82) is 0 Å². The zero-order valence-corrected chi connectivity index (χ0v) is 10.2. The molecule has 0 saturated carbocycles. The minimum atomic E-state index is 0.656. The van der Waals surface area contributed by atoms with Crippen LogP contribution in [0.5, 0.6) is 0 Å². The molecule has 3 nitrogen and oxygen atoms in total. The minimum Gasteiger partial charge on any atom is -0.314 e. The van der Waals surface area contributed by atoms with Gasteiger partial charge in [0.25, 0.3) is 0 Å². The normalized spacial score (nSPS) is 13.0. The second-order valence-electron chi connectivity index (χ2n) is 4.24. The van der Waals surface area contributed by atoms with Crippen LogP contribution in [-0.2, 0) is 13.5 Å². The van der Waals surface area contributed by atoms with Gasteiger partial charge in [0.1, 0.15) is 0 Å². The molecule has 0 aromatic carbocycles. The third kappa shape index (κ3) is 4.98. The second kappa shape index (κ2) is 6.62. The van der Waals surface area contributed by atoms with Crippen molar-refractivity contribution < 1.29 is 0 Å². The summed E-state index contributed by atoms with van der Waals surface area (Å²) in [7, 11) is 1.97. The standard InChI is InChI=1S/C12H23N3/c1-4-11(2)13-8-6-5-7-12-9-14-15(3)10-12/h9-11,13H,4-8H2,1-3H3. The second-order valence-corrected chi connectivity index (χ2v) is 4.24. The molecule has 0 saturated heterocycles. The van der Waals surface area contributed by atoms with E-state index in [1.807, 2.05) is 17.9 Å². The first-order chi connectivity index (χ1) is 7.22. The lowest BCUT2D eigenvalue weighted by Crippen LogP contribution is -2.26. The third-order valence-electron chi connectivity index (χ3n) is 2.76. The third-order valence-corrected chi connectivity index (χ3v) is 2.76. The molecule has 1 rings (SSSR count). The van der Waals surface area contributed by atoms with Crippen LogP contribution in [0.4, 0.5) is 0 Å². The van der Waals surface area contributed by atoms with Crippen LogP contribution in [0.15, 0.2) is 12.4 Å². The van der Waals surface area contributed by atoms with Gasteiger partial charge in [-0.1, -0.05) is 6.92 Å². The summed E-state index contributed by atoms with van der Waals surface area (Å²) in [4.78, 5) is 0. The van der Waals surface area contributed by atoms with E-state index in [1.165, 1.54) is 24.8 Å². The summed E-state index contributed by atoms with van der Waals surface area (Å²) in [6.45, 7) is 5.59. The predicted octanol–water partition coefficient (Wildman–Crippen LogP) is 2.13. The number of nitrogens with one attached hydrogen (secondary N) is 1. The van der Waals surface area contributed by atoms with E-state index < -0.39 is 0 Å². The van der Waals surface area contributed by atoms with Crippen molar-refractivity contribution in [2.24, 2.45) is 7.05 Å². The fourth-order valence-corrected chi connectivity index (χ4v) is 1.55. The summed E-state index contributed by atoms with van der Waals surface area (Å²) in [5.41, 5.74) is 1.35. The van der Waals surface area contributed by atoms with E-state index in [4.69, 9.17) is 0 Å². The fourth-order valence-electron chi connectivity index (χ4n) is 1.55. The van der Waals surface area contributed by atoms with E-state index >= 15 is 0 Å². The first-order valence-corrected chi connectivity index (χ1v) is 5.93. The van der Waals surface area contributed by atoms with Crippen LogP contribution >= 0.6 is 0 Å². The Morgan fingerprint density at radius 2 is 2.27 bits per heavy atom. The van der Waals surface area contributed by atoms with Gasteiger partial charge < -0.3 is 5.32 Å². The maximum atomic E-state index is 4.16. The van der Waals surface area contributed by atoms with Crippen molar-refractivity contribution in [3.05, 3.63) is 18.0 Å². The fraction of sp³-hybridized carbons (Fsp3) is 0.750. The smallest absolute Gasteiger partial charge is 0.0521 e. The molecule has 1 atom stereocenters. The van der Waals surface area contributed by atoms with Crippen LogP contribution in [0.2, 0.25) is 0 Å². The topological polar surface area (TPSA) is 29.9 Å². The van der Waals surface area contributed by atoms with E-state index in [1.54, 1.807) is 0 Å². The number of nitrogens with zero attached hydrogens (tertiary/aromatic N) is 2. The summed E-state index contributed by atoms with van der Waals surface area (Å²) in [5, 5.41) is 7.66. The van der Waals surface area contributed by atoms with Gasteiger partial charge in [-0.2, -0.15) is 5.10 Å². The molecule has 15 heavy (non-hydrogen) atoms. The molecule has 0 fully saturated rings. The predicted molar refractivity (Wildman–Crippen MR) is 63.9 cm³/mol. The van der Waals surface area contributed by atoms with Crippen molar-refractivity contribution in [2.45, 2.75) is 45.6 Å². The zero-order valence-electron chi connectivity index (χ0n) is 10.2. The van der Waals surface area contributed by atoms with Gasteiger partial charge in [0.15, 0.2) is 0 Å². The van der Waals surface area contributed by atoms with Crippen LogP contribution in [0, 0.1) is 0 Å². The van der Waals surface area contributed by atoms with Crippen molar-refractivity contribution in [3.8, 4) is 0 Å². The van der Waals surface area contributed by atoms with Gasteiger partial charge >= 0.3 is 0 Å². The molecular formula is C12H23N3. The monoisotopic (exact) mass is 209 g/mol. The number of aryl methyl sites for hydroxylation is 2. The number of unbranched alkanes of at least 4 members (excludes halogenated alkanes) is 1. The lowest BCUT2D eigenvalue weighted by atomic mass is 10.1. The van der Waals surface area contributed by atoms with E-state index in [0.29, 0.717) is 6.04 Å². The molecule has 0 aliphatic rings. The van der Waals surface area contributed by atoms with Gasteiger partial charge in [-0.25, -0.2) is 0 Å². The Morgan fingerprint density at radius 1 is 1.47 bits per heavy atom. The molecule has 1 aromatic rings. The first kappa shape index (κ1) is 12.2. The molecule has 1 N–H and O–H groups in total. The Bertz CT molecular complexity index is 268. The summed E-state index contributed by atoms with van der Waals surface area (Å²) in [5.74, 6) is 0. The van der Waals surface area contributed by atoms with Gasteiger partial charge in [-0.15, -0.1) is 0 Å². The number of hydrogen-bond donors (Lipinski definition) is 1. The molecular weight excluding hydrogens is 186 g/mol. The van der Waals surface area contributed by atoms with Crippen LogP contribution in [-0.4, -0.2) is 22.4 Å². The highest BCUT2D eigenvalue weighted by Gasteiger charge is 1.98. The van der Waals surface area contributed by atoms with Gasteiger partial charge in [0.05, 0.1) is 6.20 Å². The lowest BCUT2D eigenvalue weighted by molar-refractivity contribution is 0.516. The first-order valence-electron chi connectivity index (χ1n) is 5.93. The largest absolute Gasteiger partial charge is 0.314 e. The van der Waals surface area contributed by atoms with E-state index in [-0.39, 0.29) is 0 Å². The van der Waals surface area contributed by atoms with Gasteiger partial charge in [0.2, 0.25) is 0 Å². The molecule has 0 bridgehead atoms. The molecule has 1 aromatic heterocycles. The van der Waals surface area contributed by atoms with Crippen LogP contribution in [0.25, 0.3) is 0 Å². The number of aromatic nitrogens is 2. The minimum absolute atomic E-state index is 0.656. The van der Waals surface area contributed by atoms with Crippen molar-refractivity contribution in [1.82, 2.24) is 15.1 Å². The summed E-state index contributed by atoms with van der Waals surface area (Å²) in [6, 6.07) is 0.656. The van der Waals surface area contributed by atoms with Crippen molar-refractivity contribution in [3.63, 3.8) is 0 Å². The Morgan fingerprint density at radius 3 is 2.87 bits per heavy atom. The Hall–Kier alpha value is -0.830. The average molecular weight is 209 g/mol. The molecule has 1 unspecified atom stereocenters. The Labute approximate surface area is 92.9 Å².